The Hall–Kier alpha value is -1.54. The molecule has 1 nitrogen and oxygen atoms in total. The van der Waals surface area contributed by atoms with Crippen molar-refractivity contribution in [3.63, 3.8) is 0 Å². The lowest BCUT2D eigenvalue weighted by molar-refractivity contribution is 0.298. The lowest BCUT2D eigenvalue weighted by atomic mass is 10.1. The molecule has 0 spiro atoms. The summed E-state index contributed by atoms with van der Waals surface area (Å²) in [5.74, 6) is 0.419. The molecule has 0 aliphatic heterocycles. The summed E-state index contributed by atoms with van der Waals surface area (Å²) < 4.78 is 19.2. The molecule has 0 heterocycles. The minimum atomic E-state index is -0.340. The third-order valence-electron chi connectivity index (χ3n) is 2.78. The van der Waals surface area contributed by atoms with Crippen molar-refractivity contribution in [3.8, 4) is 5.75 Å². The minimum Gasteiger partial charge on any atom is -0.488 e. The molecule has 2 aromatic rings. The van der Waals surface area contributed by atoms with Gasteiger partial charge in [-0.2, -0.15) is 0 Å². The summed E-state index contributed by atoms with van der Waals surface area (Å²) >= 11 is 5.95. The molecule has 0 unspecified atom stereocenters. The van der Waals surface area contributed by atoms with Crippen molar-refractivity contribution in [1.29, 1.82) is 0 Å². The zero-order valence-electron chi connectivity index (χ0n) is 10.3. The van der Waals surface area contributed by atoms with Crippen LogP contribution in [0.1, 0.15) is 16.7 Å². The van der Waals surface area contributed by atoms with Crippen molar-refractivity contribution in [2.45, 2.75) is 20.5 Å². The lowest BCUT2D eigenvalue weighted by Crippen LogP contribution is -2.00. The van der Waals surface area contributed by atoms with Gasteiger partial charge in [-0.25, -0.2) is 4.39 Å². The number of aryl methyl sites for hydroxylation is 2. The molecule has 0 amide bonds. The monoisotopic (exact) mass is 264 g/mol. The molecular formula is C15H14ClFO. The van der Waals surface area contributed by atoms with E-state index in [1.165, 1.54) is 6.07 Å². The molecule has 0 aliphatic rings. The first-order valence-electron chi connectivity index (χ1n) is 5.71. The van der Waals surface area contributed by atoms with Gasteiger partial charge in [0.2, 0.25) is 0 Å². The molecule has 0 radical (unpaired) electrons. The zero-order valence-corrected chi connectivity index (χ0v) is 11.1. The standard InChI is InChI=1S/C15H14ClFO/c1-10-6-7-11(2)15(8-10)18-9-12-13(16)4-3-5-14(12)17/h3-8H,9H2,1-2H3. The predicted octanol–water partition coefficient (Wildman–Crippen LogP) is 4.67. The maximum atomic E-state index is 13.6. The van der Waals surface area contributed by atoms with E-state index in [0.717, 1.165) is 16.9 Å². The second-order valence-corrected chi connectivity index (χ2v) is 4.67. The first kappa shape index (κ1) is 12.9. The second-order valence-electron chi connectivity index (χ2n) is 4.26. The largest absolute Gasteiger partial charge is 0.488 e. The number of hydrogen-bond donors (Lipinski definition) is 0. The maximum absolute atomic E-state index is 13.6. The van der Waals surface area contributed by atoms with E-state index in [1.54, 1.807) is 12.1 Å². The molecule has 94 valence electrons. The highest BCUT2D eigenvalue weighted by Gasteiger charge is 2.08. The Morgan fingerprint density at radius 3 is 2.67 bits per heavy atom. The molecule has 0 aliphatic carbocycles. The highest BCUT2D eigenvalue weighted by molar-refractivity contribution is 6.31. The summed E-state index contributed by atoms with van der Waals surface area (Å²) in [6.07, 6.45) is 0. The van der Waals surface area contributed by atoms with Gasteiger partial charge in [0.15, 0.2) is 0 Å². The van der Waals surface area contributed by atoms with Gasteiger partial charge in [-0.3, -0.25) is 0 Å². The van der Waals surface area contributed by atoms with Gasteiger partial charge < -0.3 is 4.74 Å². The lowest BCUT2D eigenvalue weighted by Gasteiger charge is -2.11. The topological polar surface area (TPSA) is 9.23 Å². The van der Waals surface area contributed by atoms with Crippen LogP contribution in [0.25, 0.3) is 0 Å². The third kappa shape index (κ3) is 2.82. The summed E-state index contributed by atoms with van der Waals surface area (Å²) in [6.45, 7) is 4.08. The van der Waals surface area contributed by atoms with E-state index in [-0.39, 0.29) is 12.4 Å². The highest BCUT2D eigenvalue weighted by atomic mass is 35.5. The second kappa shape index (κ2) is 5.40. The van der Waals surface area contributed by atoms with Crippen molar-refractivity contribution in [2.75, 3.05) is 0 Å². The van der Waals surface area contributed by atoms with E-state index in [9.17, 15) is 4.39 Å². The summed E-state index contributed by atoms with van der Waals surface area (Å²) in [5.41, 5.74) is 2.52. The zero-order chi connectivity index (χ0) is 13.1. The molecule has 2 rings (SSSR count). The van der Waals surface area contributed by atoms with Crippen LogP contribution >= 0.6 is 11.6 Å². The molecule has 18 heavy (non-hydrogen) atoms. The van der Waals surface area contributed by atoms with E-state index in [0.29, 0.717) is 10.6 Å². The Bertz CT molecular complexity index is 546. The highest BCUT2D eigenvalue weighted by Crippen LogP contribution is 2.24. The van der Waals surface area contributed by atoms with Crippen molar-refractivity contribution >= 4 is 11.6 Å². The predicted molar refractivity (Wildman–Crippen MR) is 71.7 cm³/mol. The molecule has 0 saturated carbocycles. The summed E-state index contributed by atoms with van der Waals surface area (Å²) in [5, 5.41) is 0.389. The van der Waals surface area contributed by atoms with Crippen LogP contribution < -0.4 is 4.74 Å². The number of benzene rings is 2. The van der Waals surface area contributed by atoms with Crippen LogP contribution in [0.2, 0.25) is 5.02 Å². The number of hydrogen-bond acceptors (Lipinski definition) is 1. The SMILES string of the molecule is Cc1ccc(C)c(OCc2c(F)cccc2Cl)c1. The van der Waals surface area contributed by atoms with E-state index in [2.05, 4.69) is 0 Å². The van der Waals surface area contributed by atoms with Gasteiger partial charge in [0.25, 0.3) is 0 Å². The molecule has 0 N–H and O–H groups in total. The number of rotatable bonds is 3. The van der Waals surface area contributed by atoms with Crippen LogP contribution in [-0.4, -0.2) is 0 Å². The Balaban J connectivity index is 2.19. The Morgan fingerprint density at radius 1 is 1.17 bits per heavy atom. The van der Waals surface area contributed by atoms with Crippen LogP contribution in [-0.2, 0) is 6.61 Å². The first-order chi connectivity index (χ1) is 8.58. The van der Waals surface area contributed by atoms with Gasteiger partial charge in [0.1, 0.15) is 18.2 Å². The smallest absolute Gasteiger partial charge is 0.131 e. The third-order valence-corrected chi connectivity index (χ3v) is 3.13. The first-order valence-corrected chi connectivity index (χ1v) is 6.08. The molecule has 0 fully saturated rings. The van der Waals surface area contributed by atoms with Crippen LogP contribution in [0.4, 0.5) is 4.39 Å². The fourth-order valence-corrected chi connectivity index (χ4v) is 1.90. The van der Waals surface area contributed by atoms with Gasteiger partial charge in [-0.15, -0.1) is 0 Å². The van der Waals surface area contributed by atoms with Crippen LogP contribution in [0.3, 0.4) is 0 Å². The van der Waals surface area contributed by atoms with Crippen molar-refractivity contribution < 1.29 is 9.13 Å². The van der Waals surface area contributed by atoms with Crippen molar-refractivity contribution in [1.82, 2.24) is 0 Å². The Morgan fingerprint density at radius 2 is 1.94 bits per heavy atom. The van der Waals surface area contributed by atoms with Gasteiger partial charge in [0.05, 0.1) is 5.02 Å². The van der Waals surface area contributed by atoms with Crippen molar-refractivity contribution in [3.05, 3.63) is 63.9 Å². The van der Waals surface area contributed by atoms with E-state index >= 15 is 0 Å². The summed E-state index contributed by atoms with van der Waals surface area (Å²) in [4.78, 5) is 0. The molecule has 2 aromatic carbocycles. The molecule has 0 aromatic heterocycles. The fraction of sp³-hybridized carbons (Fsp3) is 0.200. The summed E-state index contributed by atoms with van der Waals surface area (Å²) in [6, 6.07) is 10.6. The maximum Gasteiger partial charge on any atom is 0.131 e. The fourth-order valence-electron chi connectivity index (χ4n) is 1.68. The number of halogens is 2. The van der Waals surface area contributed by atoms with Gasteiger partial charge in [-0.05, 0) is 43.2 Å². The quantitative estimate of drug-likeness (QED) is 0.782. The Kier molecular flexibility index (Phi) is 3.87. The normalized spacial score (nSPS) is 10.4. The molecule has 3 heteroatoms. The van der Waals surface area contributed by atoms with E-state index in [1.807, 2.05) is 32.0 Å². The Labute approximate surface area is 111 Å². The van der Waals surface area contributed by atoms with Gasteiger partial charge in [-0.1, -0.05) is 29.8 Å². The van der Waals surface area contributed by atoms with Crippen LogP contribution in [0.5, 0.6) is 5.75 Å². The minimum absolute atomic E-state index is 0.135. The number of ether oxygens (including phenoxy) is 1. The summed E-state index contributed by atoms with van der Waals surface area (Å²) in [7, 11) is 0. The average Bonchev–Trinajstić information content (AvgIpc) is 2.33. The molecule has 0 bridgehead atoms. The average molecular weight is 265 g/mol. The molecule has 0 saturated heterocycles. The van der Waals surface area contributed by atoms with Gasteiger partial charge in [0, 0.05) is 5.56 Å². The molecular weight excluding hydrogens is 251 g/mol. The van der Waals surface area contributed by atoms with E-state index in [4.69, 9.17) is 16.3 Å². The van der Waals surface area contributed by atoms with Crippen LogP contribution in [0.15, 0.2) is 36.4 Å². The van der Waals surface area contributed by atoms with Crippen LogP contribution in [0, 0.1) is 19.7 Å². The molecule has 0 atom stereocenters. The van der Waals surface area contributed by atoms with E-state index < -0.39 is 0 Å². The van der Waals surface area contributed by atoms with Gasteiger partial charge >= 0.3 is 0 Å². The van der Waals surface area contributed by atoms with Crippen molar-refractivity contribution in [2.24, 2.45) is 0 Å².